The Labute approximate surface area is 173 Å². The molecule has 0 spiro atoms. The number of aromatic nitrogens is 2. The zero-order valence-electron chi connectivity index (χ0n) is 16.0. The average Bonchev–Trinajstić information content (AvgIpc) is 3.46. The highest BCUT2D eigenvalue weighted by atomic mass is 32.2. The van der Waals surface area contributed by atoms with Crippen molar-refractivity contribution in [3.8, 4) is 10.7 Å². The number of carbonyl (C=O) groups excluding carboxylic acids is 1. The standard InChI is InChI=1S/C19H22N4O4S2/c1-14-13-28-19(21-14)17-9-16(29(25,26)20-10-15-5-4-8-27-15)11-23(17)12-18(24)22-6-2-3-7-22/h4-5,8-9,11,13,20H,2-3,6-7,10,12H2,1H3. The molecule has 0 radical (unpaired) electrons. The highest BCUT2D eigenvalue weighted by Crippen LogP contribution is 2.28. The van der Waals surface area contributed by atoms with Gasteiger partial charge >= 0.3 is 0 Å². The molecule has 8 nitrogen and oxygen atoms in total. The number of carbonyl (C=O) groups is 1. The summed E-state index contributed by atoms with van der Waals surface area (Å²) in [7, 11) is -3.77. The van der Waals surface area contributed by atoms with E-state index in [0.29, 0.717) is 16.5 Å². The number of thiazole rings is 1. The Morgan fingerprint density at radius 2 is 2.14 bits per heavy atom. The van der Waals surface area contributed by atoms with Gasteiger partial charge in [0.05, 0.1) is 18.5 Å². The zero-order chi connectivity index (χ0) is 20.4. The summed E-state index contributed by atoms with van der Waals surface area (Å²) < 4.78 is 35.0. The smallest absolute Gasteiger partial charge is 0.242 e. The van der Waals surface area contributed by atoms with E-state index in [1.165, 1.54) is 23.8 Å². The van der Waals surface area contributed by atoms with Gasteiger partial charge in [-0.1, -0.05) is 0 Å². The molecule has 10 heteroatoms. The van der Waals surface area contributed by atoms with E-state index in [0.717, 1.165) is 31.6 Å². The Morgan fingerprint density at radius 3 is 2.79 bits per heavy atom. The second-order valence-corrected chi connectivity index (χ2v) is 9.60. The van der Waals surface area contributed by atoms with Crippen LogP contribution in [0.15, 0.2) is 45.4 Å². The molecule has 0 saturated carbocycles. The summed E-state index contributed by atoms with van der Waals surface area (Å²) in [5, 5.41) is 2.59. The van der Waals surface area contributed by atoms with Gasteiger partial charge in [0, 0.05) is 30.4 Å². The van der Waals surface area contributed by atoms with E-state index in [4.69, 9.17) is 4.42 Å². The minimum absolute atomic E-state index is 0.0138. The van der Waals surface area contributed by atoms with Gasteiger partial charge in [0.1, 0.15) is 22.2 Å². The molecule has 1 aliphatic rings. The van der Waals surface area contributed by atoms with Gasteiger partial charge < -0.3 is 13.9 Å². The van der Waals surface area contributed by atoms with Crippen LogP contribution in [0.5, 0.6) is 0 Å². The van der Waals surface area contributed by atoms with E-state index in [2.05, 4.69) is 9.71 Å². The predicted molar refractivity (Wildman–Crippen MR) is 109 cm³/mol. The number of furan rings is 1. The number of likely N-dealkylation sites (tertiary alicyclic amines) is 1. The predicted octanol–water partition coefficient (Wildman–Crippen LogP) is 2.61. The third kappa shape index (κ3) is 4.44. The van der Waals surface area contributed by atoms with Gasteiger partial charge in [-0.25, -0.2) is 18.1 Å². The molecule has 1 saturated heterocycles. The first-order chi connectivity index (χ1) is 13.9. The molecular formula is C19H22N4O4S2. The largest absolute Gasteiger partial charge is 0.468 e. The third-order valence-corrected chi connectivity index (χ3v) is 7.15. The number of sulfonamides is 1. The van der Waals surface area contributed by atoms with Crippen LogP contribution in [0.3, 0.4) is 0 Å². The maximum atomic E-state index is 12.8. The lowest BCUT2D eigenvalue weighted by molar-refractivity contribution is -0.130. The molecule has 1 aliphatic heterocycles. The number of nitrogens with one attached hydrogen (secondary N) is 1. The first kappa shape index (κ1) is 19.9. The summed E-state index contributed by atoms with van der Waals surface area (Å²) in [5.41, 5.74) is 1.47. The Hall–Kier alpha value is -2.43. The number of nitrogens with zero attached hydrogens (tertiary/aromatic N) is 3. The molecule has 0 atom stereocenters. The Balaban J connectivity index is 1.62. The van der Waals surface area contributed by atoms with Gasteiger partial charge in [-0.2, -0.15) is 0 Å². The molecular weight excluding hydrogens is 412 g/mol. The second kappa shape index (κ2) is 8.13. The van der Waals surface area contributed by atoms with Gasteiger partial charge in [0.2, 0.25) is 15.9 Å². The minimum Gasteiger partial charge on any atom is -0.468 e. The Kier molecular flexibility index (Phi) is 5.57. The van der Waals surface area contributed by atoms with Crippen LogP contribution in [0.4, 0.5) is 0 Å². The van der Waals surface area contributed by atoms with Crippen LogP contribution in [0, 0.1) is 6.92 Å². The van der Waals surface area contributed by atoms with Crippen molar-refractivity contribution >= 4 is 27.3 Å². The van der Waals surface area contributed by atoms with Crippen LogP contribution in [-0.2, 0) is 27.9 Å². The lowest BCUT2D eigenvalue weighted by atomic mass is 10.4. The molecule has 4 rings (SSSR count). The molecule has 0 aliphatic carbocycles. The molecule has 0 aromatic carbocycles. The van der Waals surface area contributed by atoms with E-state index in [1.807, 2.05) is 17.2 Å². The normalized spacial score (nSPS) is 14.6. The number of hydrogen-bond donors (Lipinski definition) is 1. The van der Waals surface area contributed by atoms with Crippen molar-refractivity contribution < 1.29 is 17.6 Å². The lowest BCUT2D eigenvalue weighted by Gasteiger charge is -2.16. The minimum atomic E-state index is -3.77. The Morgan fingerprint density at radius 1 is 1.34 bits per heavy atom. The highest BCUT2D eigenvalue weighted by Gasteiger charge is 2.24. The lowest BCUT2D eigenvalue weighted by Crippen LogP contribution is -2.31. The average molecular weight is 435 g/mol. The van der Waals surface area contributed by atoms with Crippen molar-refractivity contribution in [2.75, 3.05) is 13.1 Å². The fourth-order valence-electron chi connectivity index (χ4n) is 3.29. The van der Waals surface area contributed by atoms with E-state index in [9.17, 15) is 13.2 Å². The molecule has 29 heavy (non-hydrogen) atoms. The first-order valence-electron chi connectivity index (χ1n) is 9.35. The van der Waals surface area contributed by atoms with Gasteiger partial charge in [-0.05, 0) is 38.0 Å². The van der Waals surface area contributed by atoms with E-state index >= 15 is 0 Å². The fourth-order valence-corrected chi connectivity index (χ4v) is 5.15. The molecule has 0 bridgehead atoms. The molecule has 3 aromatic rings. The first-order valence-corrected chi connectivity index (χ1v) is 11.7. The maximum absolute atomic E-state index is 12.8. The molecule has 154 valence electrons. The van der Waals surface area contributed by atoms with Crippen LogP contribution in [-0.4, -0.2) is 41.9 Å². The van der Waals surface area contributed by atoms with E-state index < -0.39 is 10.0 Å². The fraction of sp³-hybridized carbons (Fsp3) is 0.368. The van der Waals surface area contributed by atoms with Crippen LogP contribution < -0.4 is 4.72 Å². The van der Waals surface area contributed by atoms with Crippen LogP contribution in [0.25, 0.3) is 10.7 Å². The van der Waals surface area contributed by atoms with Crippen molar-refractivity contribution in [2.24, 2.45) is 0 Å². The topological polar surface area (TPSA) is 97.4 Å². The molecule has 1 fully saturated rings. The van der Waals surface area contributed by atoms with E-state index in [1.54, 1.807) is 22.8 Å². The van der Waals surface area contributed by atoms with Gasteiger partial charge in [-0.15, -0.1) is 11.3 Å². The SMILES string of the molecule is Cc1csc(-c2cc(S(=O)(=O)NCc3ccco3)cn2CC(=O)N2CCCC2)n1. The van der Waals surface area contributed by atoms with Gasteiger partial charge in [0.25, 0.3) is 0 Å². The van der Waals surface area contributed by atoms with E-state index in [-0.39, 0.29) is 23.9 Å². The van der Waals surface area contributed by atoms with Gasteiger partial charge in [-0.3, -0.25) is 4.79 Å². The van der Waals surface area contributed by atoms with Crippen molar-refractivity contribution in [1.29, 1.82) is 0 Å². The number of rotatable bonds is 7. The van der Waals surface area contributed by atoms with Crippen molar-refractivity contribution in [3.05, 3.63) is 47.5 Å². The summed E-state index contributed by atoms with van der Waals surface area (Å²) in [4.78, 5) is 19.0. The number of aryl methyl sites for hydroxylation is 1. The molecule has 1 N–H and O–H groups in total. The molecule has 3 aromatic heterocycles. The molecule has 4 heterocycles. The maximum Gasteiger partial charge on any atom is 0.242 e. The summed E-state index contributed by atoms with van der Waals surface area (Å²) >= 11 is 1.42. The van der Waals surface area contributed by atoms with Crippen molar-refractivity contribution in [1.82, 2.24) is 19.2 Å². The molecule has 0 unspecified atom stereocenters. The van der Waals surface area contributed by atoms with Crippen LogP contribution in [0.1, 0.15) is 24.3 Å². The summed E-state index contributed by atoms with van der Waals surface area (Å²) in [6.07, 6.45) is 5.01. The van der Waals surface area contributed by atoms with Crippen molar-refractivity contribution in [3.63, 3.8) is 0 Å². The van der Waals surface area contributed by atoms with Crippen LogP contribution in [0.2, 0.25) is 0 Å². The monoisotopic (exact) mass is 434 g/mol. The summed E-state index contributed by atoms with van der Waals surface area (Å²) in [5.74, 6) is 0.508. The zero-order valence-corrected chi connectivity index (χ0v) is 17.6. The number of hydrogen-bond acceptors (Lipinski definition) is 6. The Bertz CT molecular complexity index is 1090. The quantitative estimate of drug-likeness (QED) is 0.616. The number of amides is 1. The van der Waals surface area contributed by atoms with Crippen LogP contribution >= 0.6 is 11.3 Å². The highest BCUT2D eigenvalue weighted by molar-refractivity contribution is 7.89. The third-order valence-electron chi connectivity index (χ3n) is 4.80. The van der Waals surface area contributed by atoms with Gasteiger partial charge in [0.15, 0.2) is 0 Å². The van der Waals surface area contributed by atoms with Crippen molar-refractivity contribution in [2.45, 2.75) is 37.8 Å². The summed E-state index contributed by atoms with van der Waals surface area (Å²) in [6.45, 7) is 3.52. The second-order valence-electron chi connectivity index (χ2n) is 6.97. The molecule has 1 amide bonds. The summed E-state index contributed by atoms with van der Waals surface area (Å²) in [6, 6.07) is 4.97.